The van der Waals surface area contributed by atoms with Crippen LogP contribution in [0.15, 0.2) is 59.5 Å². The number of alkyl halides is 3. The molecule has 2 heterocycles. The number of sulfonamides is 1. The molecule has 0 aliphatic rings. The molecule has 0 bridgehead atoms. The summed E-state index contributed by atoms with van der Waals surface area (Å²) in [5.41, 5.74) is 0.0365. The molecule has 10 nitrogen and oxygen atoms in total. The number of fused-ring (bicyclic) bond motifs is 1. The van der Waals surface area contributed by atoms with Crippen LogP contribution >= 0.6 is 0 Å². The lowest BCUT2D eigenvalue weighted by Crippen LogP contribution is -2.28. The second kappa shape index (κ2) is 9.99. The molecule has 0 saturated carbocycles. The van der Waals surface area contributed by atoms with E-state index in [9.17, 15) is 21.6 Å². The molecule has 0 aliphatic heterocycles. The van der Waals surface area contributed by atoms with Gasteiger partial charge in [0.15, 0.2) is 23.0 Å². The molecule has 2 aromatic carbocycles. The minimum atomic E-state index is -4.66. The molecule has 0 amide bonds. The Labute approximate surface area is 203 Å². The van der Waals surface area contributed by atoms with Crippen LogP contribution in [0.1, 0.15) is 5.56 Å². The number of hydrogen-bond donors (Lipinski definition) is 1. The minimum absolute atomic E-state index is 0.134. The summed E-state index contributed by atoms with van der Waals surface area (Å²) in [7, 11) is -1.14. The van der Waals surface area contributed by atoms with Crippen molar-refractivity contribution in [2.75, 3.05) is 27.4 Å². The van der Waals surface area contributed by atoms with Crippen molar-refractivity contribution in [1.29, 1.82) is 0 Å². The van der Waals surface area contributed by atoms with E-state index < -0.39 is 26.7 Å². The Kier molecular flexibility index (Phi) is 6.99. The average molecular weight is 523 g/mol. The van der Waals surface area contributed by atoms with E-state index in [1.54, 1.807) is 24.3 Å². The molecule has 14 heteroatoms. The number of aromatic nitrogens is 4. The Morgan fingerprint density at radius 2 is 1.75 bits per heavy atom. The first-order chi connectivity index (χ1) is 17.1. The van der Waals surface area contributed by atoms with E-state index in [0.717, 1.165) is 18.2 Å². The van der Waals surface area contributed by atoms with Crippen LogP contribution < -0.4 is 18.9 Å². The van der Waals surface area contributed by atoms with Crippen LogP contribution in [0.5, 0.6) is 17.4 Å². The molecule has 0 saturated heterocycles. The minimum Gasteiger partial charge on any atom is -0.493 e. The number of benzene rings is 2. The quantitative estimate of drug-likeness (QED) is 0.333. The van der Waals surface area contributed by atoms with E-state index in [2.05, 4.69) is 20.0 Å². The number of hydrogen-bond acceptors (Lipinski definition) is 8. The zero-order valence-corrected chi connectivity index (χ0v) is 19.8. The number of ether oxygens (including phenoxy) is 3. The van der Waals surface area contributed by atoms with Gasteiger partial charge in [-0.15, -0.1) is 15.3 Å². The van der Waals surface area contributed by atoms with Gasteiger partial charge in [0.05, 0.1) is 24.7 Å². The highest BCUT2D eigenvalue weighted by molar-refractivity contribution is 7.89. The number of methoxy groups -OCH3 is 2. The lowest BCUT2D eigenvalue weighted by molar-refractivity contribution is -0.137. The highest BCUT2D eigenvalue weighted by Crippen LogP contribution is 2.32. The fraction of sp³-hybridized carbons (Fsp3) is 0.227. The maximum absolute atomic E-state index is 12.9. The molecule has 4 aromatic rings. The molecule has 1 N–H and O–H groups in total. The van der Waals surface area contributed by atoms with Gasteiger partial charge < -0.3 is 14.2 Å². The summed E-state index contributed by atoms with van der Waals surface area (Å²) in [6, 6.07) is 11.8. The molecule has 2 aromatic heterocycles. The van der Waals surface area contributed by atoms with Gasteiger partial charge in [-0.25, -0.2) is 13.1 Å². The summed E-state index contributed by atoms with van der Waals surface area (Å²) in [5.74, 6) is 1.59. The van der Waals surface area contributed by atoms with E-state index in [1.165, 1.54) is 24.8 Å². The van der Waals surface area contributed by atoms with Crippen LogP contribution in [0.2, 0.25) is 0 Å². The van der Waals surface area contributed by atoms with Crippen molar-refractivity contribution >= 4 is 15.7 Å². The summed E-state index contributed by atoms with van der Waals surface area (Å²) >= 11 is 0. The SMILES string of the molecule is COc1ccc(-c2nnc3ccc(OCCNS(=O)(=O)c4cccc(C(F)(F)F)c4)nn23)cc1OC. The first kappa shape index (κ1) is 25.2. The average Bonchev–Trinajstić information content (AvgIpc) is 3.29. The number of rotatable bonds is 9. The third-order valence-electron chi connectivity index (χ3n) is 5.00. The third-order valence-corrected chi connectivity index (χ3v) is 6.45. The number of nitrogens with zero attached hydrogens (tertiary/aromatic N) is 4. The van der Waals surface area contributed by atoms with Crippen LogP contribution in [-0.2, 0) is 16.2 Å². The molecule has 0 atom stereocenters. The van der Waals surface area contributed by atoms with Crippen LogP contribution in [0, 0.1) is 0 Å². The van der Waals surface area contributed by atoms with Crippen molar-refractivity contribution in [3.8, 4) is 28.8 Å². The maximum Gasteiger partial charge on any atom is 0.416 e. The molecule has 190 valence electrons. The topological polar surface area (TPSA) is 117 Å². The van der Waals surface area contributed by atoms with Crippen molar-refractivity contribution < 1.29 is 35.8 Å². The first-order valence-electron chi connectivity index (χ1n) is 10.4. The smallest absolute Gasteiger partial charge is 0.416 e. The van der Waals surface area contributed by atoms with Crippen molar-refractivity contribution in [2.45, 2.75) is 11.1 Å². The lowest BCUT2D eigenvalue weighted by atomic mass is 10.2. The van der Waals surface area contributed by atoms with Gasteiger partial charge in [0.2, 0.25) is 15.9 Å². The van der Waals surface area contributed by atoms with Gasteiger partial charge in [0.1, 0.15) is 6.61 Å². The van der Waals surface area contributed by atoms with Gasteiger partial charge in [-0.05, 0) is 42.5 Å². The normalized spacial score (nSPS) is 12.0. The molecule has 0 spiro atoms. The van der Waals surface area contributed by atoms with Gasteiger partial charge >= 0.3 is 6.18 Å². The van der Waals surface area contributed by atoms with Crippen LogP contribution in [0.4, 0.5) is 13.2 Å². The fourth-order valence-corrected chi connectivity index (χ4v) is 4.32. The molecule has 0 unspecified atom stereocenters. The van der Waals surface area contributed by atoms with Crippen LogP contribution in [-0.4, -0.2) is 55.6 Å². The zero-order valence-electron chi connectivity index (χ0n) is 19.0. The van der Waals surface area contributed by atoms with Crippen molar-refractivity contribution in [2.24, 2.45) is 0 Å². The highest BCUT2D eigenvalue weighted by atomic mass is 32.2. The zero-order chi connectivity index (χ0) is 25.9. The van der Waals surface area contributed by atoms with Gasteiger partial charge in [0, 0.05) is 18.2 Å². The summed E-state index contributed by atoms with van der Waals surface area (Å²) in [4.78, 5) is -0.499. The van der Waals surface area contributed by atoms with Gasteiger partial charge in [-0.3, -0.25) is 0 Å². The van der Waals surface area contributed by atoms with E-state index in [0.29, 0.717) is 34.6 Å². The van der Waals surface area contributed by atoms with E-state index in [4.69, 9.17) is 14.2 Å². The summed E-state index contributed by atoms with van der Waals surface area (Å²) in [6.07, 6.45) is -4.66. The van der Waals surface area contributed by atoms with Gasteiger partial charge in [0.25, 0.3) is 0 Å². The Morgan fingerprint density at radius 3 is 2.47 bits per heavy atom. The van der Waals surface area contributed by atoms with Crippen molar-refractivity contribution in [1.82, 2.24) is 24.5 Å². The first-order valence-corrected chi connectivity index (χ1v) is 11.9. The van der Waals surface area contributed by atoms with Crippen LogP contribution in [0.25, 0.3) is 17.0 Å². The largest absolute Gasteiger partial charge is 0.493 e. The summed E-state index contributed by atoms with van der Waals surface area (Å²) < 4.78 is 83.1. The van der Waals surface area contributed by atoms with E-state index in [1.807, 2.05) is 0 Å². The van der Waals surface area contributed by atoms with Gasteiger partial charge in [-0.1, -0.05) is 6.07 Å². The Bertz CT molecular complexity index is 1490. The Hall–Kier alpha value is -3.91. The van der Waals surface area contributed by atoms with E-state index >= 15 is 0 Å². The number of halogens is 3. The Morgan fingerprint density at radius 1 is 0.972 bits per heavy atom. The summed E-state index contributed by atoms with van der Waals surface area (Å²) in [5, 5.41) is 12.6. The second-order valence-corrected chi connectivity index (χ2v) is 9.07. The van der Waals surface area contributed by atoms with E-state index in [-0.39, 0.29) is 19.0 Å². The third kappa shape index (κ3) is 5.33. The standard InChI is InChI=1S/C22H20F3N5O5S/c1-33-17-7-6-14(12-18(17)34-2)21-28-27-19-8-9-20(29-30(19)21)35-11-10-26-36(31,32)16-5-3-4-15(13-16)22(23,24)25/h3-9,12-13,26H,10-11H2,1-2H3. The Balaban J connectivity index is 1.45. The van der Waals surface area contributed by atoms with Gasteiger partial charge in [-0.2, -0.15) is 17.7 Å². The molecular weight excluding hydrogens is 503 g/mol. The second-order valence-electron chi connectivity index (χ2n) is 7.31. The molecule has 0 aliphatic carbocycles. The predicted molar refractivity (Wildman–Crippen MR) is 121 cm³/mol. The maximum atomic E-state index is 12.9. The molecule has 0 fully saturated rings. The lowest BCUT2D eigenvalue weighted by Gasteiger charge is -2.11. The fourth-order valence-electron chi connectivity index (χ4n) is 3.26. The monoisotopic (exact) mass is 523 g/mol. The summed E-state index contributed by atoms with van der Waals surface area (Å²) in [6.45, 7) is -0.340. The number of nitrogens with one attached hydrogen (secondary N) is 1. The van der Waals surface area contributed by atoms with Crippen molar-refractivity contribution in [3.63, 3.8) is 0 Å². The molecule has 0 radical (unpaired) electrons. The molecular formula is C22H20F3N5O5S. The highest BCUT2D eigenvalue weighted by Gasteiger charge is 2.31. The molecule has 36 heavy (non-hydrogen) atoms. The van der Waals surface area contributed by atoms with Crippen molar-refractivity contribution in [3.05, 3.63) is 60.2 Å². The molecule has 4 rings (SSSR count). The predicted octanol–water partition coefficient (Wildman–Crippen LogP) is 3.18. The van der Waals surface area contributed by atoms with Crippen LogP contribution in [0.3, 0.4) is 0 Å².